The number of aromatic nitrogens is 4. The van der Waals surface area contributed by atoms with Gasteiger partial charge in [0.05, 0.1) is 18.1 Å². The Kier molecular flexibility index (Phi) is 5.08. The van der Waals surface area contributed by atoms with Crippen molar-refractivity contribution in [2.75, 3.05) is 5.32 Å². The van der Waals surface area contributed by atoms with Gasteiger partial charge in [0.1, 0.15) is 6.54 Å². The number of hydrogen-bond donors (Lipinski definition) is 1. The minimum Gasteiger partial charge on any atom is -0.378 e. The van der Waals surface area contributed by atoms with Crippen LogP contribution in [0.1, 0.15) is 5.56 Å². The summed E-state index contributed by atoms with van der Waals surface area (Å²) in [4.78, 5) is 0. The van der Waals surface area contributed by atoms with Crippen LogP contribution < -0.4 is 5.32 Å². The number of anilines is 1. The van der Waals surface area contributed by atoms with E-state index in [0.29, 0.717) is 6.54 Å². The monoisotopic (exact) mass is 277 g/mol. The molecule has 1 N–H and O–H groups in total. The molecule has 0 spiro atoms. The van der Waals surface area contributed by atoms with E-state index in [1.807, 2.05) is 13.2 Å². The van der Waals surface area contributed by atoms with Crippen LogP contribution in [-0.4, -0.2) is 26.0 Å². The first-order valence-corrected chi connectivity index (χ1v) is 5.15. The summed E-state index contributed by atoms with van der Waals surface area (Å²) >= 11 is 0. The normalized spacial score (nSPS) is 10.4. The van der Waals surface area contributed by atoms with Crippen molar-refractivity contribution in [3.05, 3.63) is 30.4 Å². The Balaban J connectivity index is 0.00000162. The van der Waals surface area contributed by atoms with Crippen molar-refractivity contribution in [2.45, 2.75) is 19.5 Å². The largest absolute Gasteiger partial charge is 0.378 e. The SMILES string of the molecule is Cl.Cn1cc(CNc2cnn(CC(F)F)c2)cn1. The molecule has 2 rings (SSSR count). The smallest absolute Gasteiger partial charge is 0.257 e. The van der Waals surface area contributed by atoms with Gasteiger partial charge in [0, 0.05) is 31.5 Å². The number of hydrogen-bond acceptors (Lipinski definition) is 3. The highest BCUT2D eigenvalue weighted by atomic mass is 35.5. The van der Waals surface area contributed by atoms with Crippen LogP contribution in [0.5, 0.6) is 0 Å². The fraction of sp³-hybridized carbons (Fsp3) is 0.400. The summed E-state index contributed by atoms with van der Waals surface area (Å²) in [5.74, 6) is 0. The average Bonchev–Trinajstić information content (AvgIpc) is 2.84. The second-order valence-electron chi connectivity index (χ2n) is 3.72. The van der Waals surface area contributed by atoms with Crippen LogP contribution in [0.2, 0.25) is 0 Å². The van der Waals surface area contributed by atoms with Crippen molar-refractivity contribution < 1.29 is 8.78 Å². The van der Waals surface area contributed by atoms with Crippen LogP contribution >= 0.6 is 12.4 Å². The highest BCUT2D eigenvalue weighted by molar-refractivity contribution is 5.85. The van der Waals surface area contributed by atoms with Gasteiger partial charge in [-0.1, -0.05) is 0 Å². The minimum atomic E-state index is -2.39. The molecule has 0 aliphatic rings. The lowest BCUT2D eigenvalue weighted by Crippen LogP contribution is -2.06. The Hall–Kier alpha value is -1.63. The maximum absolute atomic E-state index is 12.1. The number of aryl methyl sites for hydroxylation is 1. The molecule has 0 unspecified atom stereocenters. The summed E-state index contributed by atoms with van der Waals surface area (Å²) in [7, 11) is 1.84. The highest BCUT2D eigenvalue weighted by Crippen LogP contribution is 2.08. The molecule has 2 heterocycles. The molecule has 0 radical (unpaired) electrons. The highest BCUT2D eigenvalue weighted by Gasteiger charge is 2.05. The van der Waals surface area contributed by atoms with Crippen LogP contribution in [0.25, 0.3) is 0 Å². The second kappa shape index (κ2) is 6.34. The first-order valence-electron chi connectivity index (χ1n) is 5.15. The number of rotatable bonds is 5. The van der Waals surface area contributed by atoms with Crippen LogP contribution in [0.15, 0.2) is 24.8 Å². The zero-order valence-electron chi connectivity index (χ0n) is 9.75. The molecule has 2 aromatic rings. The predicted octanol–water partition coefficient (Wildman–Crippen LogP) is 1.92. The molecule has 0 aliphatic heterocycles. The van der Waals surface area contributed by atoms with Crippen molar-refractivity contribution >= 4 is 18.1 Å². The van der Waals surface area contributed by atoms with E-state index in [9.17, 15) is 8.78 Å². The van der Waals surface area contributed by atoms with E-state index in [0.717, 1.165) is 11.3 Å². The van der Waals surface area contributed by atoms with Crippen molar-refractivity contribution in [1.82, 2.24) is 19.6 Å². The van der Waals surface area contributed by atoms with E-state index in [4.69, 9.17) is 0 Å². The Morgan fingerprint density at radius 3 is 2.67 bits per heavy atom. The van der Waals surface area contributed by atoms with Gasteiger partial charge in [-0.05, 0) is 0 Å². The van der Waals surface area contributed by atoms with E-state index in [-0.39, 0.29) is 19.0 Å². The topological polar surface area (TPSA) is 47.7 Å². The molecule has 0 amide bonds. The molecule has 0 saturated carbocycles. The van der Waals surface area contributed by atoms with Crippen LogP contribution in [0.4, 0.5) is 14.5 Å². The Morgan fingerprint density at radius 1 is 1.28 bits per heavy atom. The maximum atomic E-state index is 12.1. The van der Waals surface area contributed by atoms with Gasteiger partial charge in [-0.2, -0.15) is 10.2 Å². The van der Waals surface area contributed by atoms with E-state index >= 15 is 0 Å². The molecule has 0 fully saturated rings. The number of halogens is 3. The van der Waals surface area contributed by atoms with E-state index in [1.54, 1.807) is 17.1 Å². The lowest BCUT2D eigenvalue weighted by atomic mass is 10.3. The zero-order valence-corrected chi connectivity index (χ0v) is 10.6. The molecule has 0 atom stereocenters. The lowest BCUT2D eigenvalue weighted by molar-refractivity contribution is 0.122. The lowest BCUT2D eigenvalue weighted by Gasteiger charge is -2.00. The molecule has 100 valence electrons. The van der Waals surface area contributed by atoms with Crippen molar-refractivity contribution in [2.24, 2.45) is 7.05 Å². The number of nitrogens with one attached hydrogen (secondary N) is 1. The van der Waals surface area contributed by atoms with E-state index in [1.165, 1.54) is 10.9 Å². The minimum absolute atomic E-state index is 0. The second-order valence-corrected chi connectivity index (χ2v) is 3.72. The van der Waals surface area contributed by atoms with Gasteiger partial charge in [-0.3, -0.25) is 9.36 Å². The average molecular weight is 278 g/mol. The fourth-order valence-electron chi connectivity index (χ4n) is 1.46. The predicted molar refractivity (Wildman–Crippen MR) is 66.0 cm³/mol. The summed E-state index contributed by atoms with van der Waals surface area (Å²) < 4.78 is 27.1. The van der Waals surface area contributed by atoms with E-state index < -0.39 is 6.43 Å². The summed E-state index contributed by atoms with van der Waals surface area (Å²) in [5, 5.41) is 10.9. The van der Waals surface area contributed by atoms with Crippen molar-refractivity contribution in [1.29, 1.82) is 0 Å². The molecule has 2 aromatic heterocycles. The number of nitrogens with zero attached hydrogens (tertiary/aromatic N) is 4. The third-order valence-corrected chi connectivity index (χ3v) is 2.21. The Morgan fingerprint density at radius 2 is 2.06 bits per heavy atom. The number of alkyl halides is 2. The summed E-state index contributed by atoms with van der Waals surface area (Å²) in [5.41, 5.74) is 1.74. The van der Waals surface area contributed by atoms with Gasteiger partial charge in [-0.25, -0.2) is 8.78 Å². The summed E-state index contributed by atoms with van der Waals surface area (Å²) in [6, 6.07) is 0. The first-order chi connectivity index (χ1) is 8.13. The van der Waals surface area contributed by atoms with Gasteiger partial charge in [0.2, 0.25) is 0 Å². The summed E-state index contributed by atoms with van der Waals surface area (Å²) in [6.07, 6.45) is 4.33. The molecule has 0 bridgehead atoms. The molecular weight excluding hydrogens is 264 g/mol. The fourth-order valence-corrected chi connectivity index (χ4v) is 1.46. The molecule has 8 heteroatoms. The molecule has 18 heavy (non-hydrogen) atoms. The van der Waals surface area contributed by atoms with Gasteiger partial charge >= 0.3 is 0 Å². The molecule has 5 nitrogen and oxygen atoms in total. The van der Waals surface area contributed by atoms with Crippen LogP contribution in [0, 0.1) is 0 Å². The van der Waals surface area contributed by atoms with Crippen LogP contribution in [-0.2, 0) is 20.1 Å². The van der Waals surface area contributed by atoms with Gasteiger partial charge in [0.25, 0.3) is 6.43 Å². The van der Waals surface area contributed by atoms with Crippen molar-refractivity contribution in [3.8, 4) is 0 Å². The molecule has 0 aliphatic carbocycles. The molecule has 0 aromatic carbocycles. The third-order valence-electron chi connectivity index (χ3n) is 2.21. The molecular formula is C10H14ClF2N5. The van der Waals surface area contributed by atoms with Gasteiger partial charge in [0.15, 0.2) is 0 Å². The Bertz CT molecular complexity index is 482. The zero-order chi connectivity index (χ0) is 12.3. The van der Waals surface area contributed by atoms with Gasteiger partial charge in [-0.15, -0.1) is 12.4 Å². The van der Waals surface area contributed by atoms with Crippen LogP contribution in [0.3, 0.4) is 0 Å². The quantitative estimate of drug-likeness (QED) is 0.908. The van der Waals surface area contributed by atoms with E-state index in [2.05, 4.69) is 15.5 Å². The summed E-state index contributed by atoms with van der Waals surface area (Å²) in [6.45, 7) is 0.211. The first kappa shape index (κ1) is 14.4. The molecule has 0 saturated heterocycles. The standard InChI is InChI=1S/C10H13F2N5.ClH/c1-16-5-8(3-14-16)2-13-9-4-15-17(6-9)7-10(11)12;/h3-6,10,13H,2,7H2,1H3;1H. The van der Waals surface area contributed by atoms with Gasteiger partial charge < -0.3 is 5.32 Å². The van der Waals surface area contributed by atoms with Crippen molar-refractivity contribution in [3.63, 3.8) is 0 Å². The Labute approximate surface area is 109 Å². The third kappa shape index (κ3) is 3.99. The maximum Gasteiger partial charge on any atom is 0.257 e.